The largest absolute Gasteiger partial charge is 0.308 e. The Kier molecular flexibility index (Phi) is 1.70. The maximum atomic E-state index is 10.8. The van der Waals surface area contributed by atoms with E-state index in [1.807, 2.05) is 18.2 Å². The zero-order valence-electron chi connectivity index (χ0n) is 7.06. The van der Waals surface area contributed by atoms with E-state index in [-0.39, 0.29) is 5.91 Å². The zero-order valence-corrected chi connectivity index (χ0v) is 7.06. The lowest BCUT2D eigenvalue weighted by Crippen LogP contribution is -2.06. The standard InChI is InChI=1S/C8H8N4O/c1-6(13)9-8-7-4-2-3-5-12(7)11-10-8/h2-5H,1H3,(H,9,13). The van der Waals surface area contributed by atoms with Crippen LogP contribution in [0.3, 0.4) is 0 Å². The molecule has 0 spiro atoms. The number of aromatic nitrogens is 3. The van der Waals surface area contributed by atoms with Gasteiger partial charge in [-0.05, 0) is 12.1 Å². The van der Waals surface area contributed by atoms with Gasteiger partial charge in [0.2, 0.25) is 5.91 Å². The van der Waals surface area contributed by atoms with Crippen LogP contribution in [0.4, 0.5) is 5.82 Å². The van der Waals surface area contributed by atoms with Crippen molar-refractivity contribution < 1.29 is 4.79 Å². The van der Waals surface area contributed by atoms with Gasteiger partial charge in [-0.3, -0.25) is 4.79 Å². The number of nitrogens with zero attached hydrogens (tertiary/aromatic N) is 3. The summed E-state index contributed by atoms with van der Waals surface area (Å²) in [7, 11) is 0. The quantitative estimate of drug-likeness (QED) is 0.695. The predicted octanol–water partition coefficient (Wildman–Crippen LogP) is 0.688. The lowest BCUT2D eigenvalue weighted by molar-refractivity contribution is -0.114. The Morgan fingerprint density at radius 2 is 2.38 bits per heavy atom. The van der Waals surface area contributed by atoms with Crippen LogP contribution in [0.1, 0.15) is 6.92 Å². The second kappa shape index (κ2) is 2.85. The maximum absolute atomic E-state index is 10.8. The first-order valence-electron chi connectivity index (χ1n) is 3.85. The van der Waals surface area contributed by atoms with E-state index in [1.54, 1.807) is 10.7 Å². The minimum absolute atomic E-state index is 0.147. The zero-order chi connectivity index (χ0) is 9.26. The molecule has 0 aliphatic rings. The number of carbonyl (C=O) groups is 1. The first kappa shape index (κ1) is 7.72. The molecule has 0 aromatic carbocycles. The van der Waals surface area contributed by atoms with Gasteiger partial charge >= 0.3 is 0 Å². The fourth-order valence-electron chi connectivity index (χ4n) is 1.10. The van der Waals surface area contributed by atoms with Gasteiger partial charge in [0.05, 0.1) is 0 Å². The number of rotatable bonds is 1. The van der Waals surface area contributed by atoms with Crippen molar-refractivity contribution in [3.63, 3.8) is 0 Å². The number of pyridine rings is 1. The van der Waals surface area contributed by atoms with Crippen LogP contribution in [0.15, 0.2) is 24.4 Å². The summed E-state index contributed by atoms with van der Waals surface area (Å²) in [5.74, 6) is 0.347. The molecule has 0 atom stereocenters. The highest BCUT2D eigenvalue weighted by Gasteiger charge is 2.04. The van der Waals surface area contributed by atoms with Crippen LogP contribution in [0.2, 0.25) is 0 Å². The molecule has 1 amide bonds. The second-order valence-electron chi connectivity index (χ2n) is 2.65. The van der Waals surface area contributed by atoms with E-state index in [4.69, 9.17) is 0 Å². The number of fused-ring (bicyclic) bond motifs is 1. The average molecular weight is 176 g/mol. The molecule has 0 unspecified atom stereocenters. The molecule has 0 bridgehead atoms. The molecule has 1 N–H and O–H groups in total. The summed E-state index contributed by atoms with van der Waals surface area (Å²) in [5, 5.41) is 10.2. The van der Waals surface area contributed by atoms with E-state index >= 15 is 0 Å². The summed E-state index contributed by atoms with van der Waals surface area (Å²) in [4.78, 5) is 10.8. The summed E-state index contributed by atoms with van der Waals surface area (Å²) in [6, 6.07) is 5.55. The third-order valence-electron chi connectivity index (χ3n) is 1.62. The van der Waals surface area contributed by atoms with Crippen LogP contribution in [-0.2, 0) is 4.79 Å². The maximum Gasteiger partial charge on any atom is 0.222 e. The number of anilines is 1. The smallest absolute Gasteiger partial charge is 0.222 e. The molecule has 66 valence electrons. The SMILES string of the molecule is CC(=O)Nc1nnn2ccccc12. The van der Waals surface area contributed by atoms with Crippen LogP contribution in [-0.4, -0.2) is 20.7 Å². The molecular weight excluding hydrogens is 168 g/mol. The lowest BCUT2D eigenvalue weighted by Gasteiger charge is -1.95. The topological polar surface area (TPSA) is 59.3 Å². The summed E-state index contributed by atoms with van der Waals surface area (Å²) >= 11 is 0. The molecule has 2 aromatic heterocycles. The van der Waals surface area contributed by atoms with Crippen molar-refractivity contribution in [2.24, 2.45) is 0 Å². The Labute approximate surface area is 74.4 Å². The molecule has 2 heterocycles. The molecule has 5 nitrogen and oxygen atoms in total. The highest BCUT2D eigenvalue weighted by Crippen LogP contribution is 2.11. The Morgan fingerprint density at radius 3 is 3.15 bits per heavy atom. The van der Waals surface area contributed by atoms with E-state index in [0.29, 0.717) is 5.82 Å². The molecule has 0 fully saturated rings. The number of hydrogen-bond donors (Lipinski definition) is 1. The van der Waals surface area contributed by atoms with Gasteiger partial charge in [0.15, 0.2) is 5.82 Å². The summed E-state index contributed by atoms with van der Waals surface area (Å²) in [6.45, 7) is 1.44. The van der Waals surface area contributed by atoms with Crippen molar-refractivity contribution in [3.05, 3.63) is 24.4 Å². The van der Waals surface area contributed by atoms with Gasteiger partial charge in [0.25, 0.3) is 0 Å². The Bertz CT molecular complexity index is 448. The fourth-order valence-corrected chi connectivity index (χ4v) is 1.10. The lowest BCUT2D eigenvalue weighted by atomic mass is 10.4. The van der Waals surface area contributed by atoms with Crippen molar-refractivity contribution in [2.45, 2.75) is 6.92 Å². The molecule has 2 rings (SSSR count). The number of hydrogen-bond acceptors (Lipinski definition) is 3. The fraction of sp³-hybridized carbons (Fsp3) is 0.125. The Hall–Kier alpha value is -1.91. The van der Waals surface area contributed by atoms with Gasteiger partial charge in [-0.2, -0.15) is 0 Å². The van der Waals surface area contributed by atoms with Gasteiger partial charge < -0.3 is 5.32 Å². The predicted molar refractivity (Wildman–Crippen MR) is 47.3 cm³/mol. The molecule has 0 aliphatic heterocycles. The molecule has 13 heavy (non-hydrogen) atoms. The van der Waals surface area contributed by atoms with E-state index in [2.05, 4.69) is 15.6 Å². The first-order chi connectivity index (χ1) is 6.27. The van der Waals surface area contributed by atoms with Crippen molar-refractivity contribution >= 4 is 17.2 Å². The summed E-state index contributed by atoms with van der Waals surface area (Å²) < 4.78 is 1.60. The minimum Gasteiger partial charge on any atom is -0.308 e. The molecule has 2 aromatic rings. The van der Waals surface area contributed by atoms with Gasteiger partial charge in [0.1, 0.15) is 5.52 Å². The van der Waals surface area contributed by atoms with Crippen molar-refractivity contribution in [3.8, 4) is 0 Å². The normalized spacial score (nSPS) is 10.2. The Balaban J connectivity index is 2.51. The monoisotopic (exact) mass is 176 g/mol. The summed E-state index contributed by atoms with van der Waals surface area (Å²) in [6.07, 6.45) is 1.77. The Morgan fingerprint density at radius 1 is 1.54 bits per heavy atom. The summed E-state index contributed by atoms with van der Waals surface area (Å²) in [5.41, 5.74) is 0.790. The second-order valence-corrected chi connectivity index (χ2v) is 2.65. The van der Waals surface area contributed by atoms with E-state index in [9.17, 15) is 4.79 Å². The van der Waals surface area contributed by atoms with Gasteiger partial charge in [-0.25, -0.2) is 4.52 Å². The number of carbonyl (C=O) groups excluding carboxylic acids is 1. The molecule has 0 aliphatic carbocycles. The first-order valence-corrected chi connectivity index (χ1v) is 3.85. The minimum atomic E-state index is -0.147. The highest BCUT2D eigenvalue weighted by molar-refractivity contribution is 5.91. The van der Waals surface area contributed by atoms with Crippen LogP contribution < -0.4 is 5.32 Å². The van der Waals surface area contributed by atoms with Gasteiger partial charge in [-0.15, -0.1) is 5.10 Å². The molecule has 0 radical (unpaired) electrons. The molecular formula is C8H8N4O. The van der Waals surface area contributed by atoms with E-state index < -0.39 is 0 Å². The van der Waals surface area contributed by atoms with E-state index in [0.717, 1.165) is 5.52 Å². The third-order valence-corrected chi connectivity index (χ3v) is 1.62. The van der Waals surface area contributed by atoms with Crippen LogP contribution in [0, 0.1) is 0 Å². The molecule has 0 saturated heterocycles. The number of nitrogens with one attached hydrogen (secondary N) is 1. The average Bonchev–Trinajstić information content (AvgIpc) is 2.48. The van der Waals surface area contributed by atoms with Crippen LogP contribution >= 0.6 is 0 Å². The van der Waals surface area contributed by atoms with Crippen molar-refractivity contribution in [2.75, 3.05) is 5.32 Å². The highest BCUT2D eigenvalue weighted by atomic mass is 16.1. The van der Waals surface area contributed by atoms with Gasteiger partial charge in [0, 0.05) is 13.1 Å². The van der Waals surface area contributed by atoms with E-state index in [1.165, 1.54) is 6.92 Å². The van der Waals surface area contributed by atoms with Crippen LogP contribution in [0.5, 0.6) is 0 Å². The van der Waals surface area contributed by atoms with Crippen molar-refractivity contribution in [1.29, 1.82) is 0 Å². The van der Waals surface area contributed by atoms with Crippen molar-refractivity contribution in [1.82, 2.24) is 14.8 Å². The van der Waals surface area contributed by atoms with Crippen LogP contribution in [0.25, 0.3) is 5.52 Å². The molecule has 0 saturated carbocycles. The molecule has 5 heteroatoms. The van der Waals surface area contributed by atoms with Gasteiger partial charge in [-0.1, -0.05) is 11.3 Å². The number of amides is 1. The third kappa shape index (κ3) is 1.35.